The summed E-state index contributed by atoms with van der Waals surface area (Å²) in [4.78, 5) is 4.22. The summed E-state index contributed by atoms with van der Waals surface area (Å²) in [5, 5.41) is 5.14. The molecule has 0 spiro atoms. The van der Waals surface area contributed by atoms with Crippen LogP contribution in [-0.4, -0.2) is 14.0 Å². The van der Waals surface area contributed by atoms with Crippen LogP contribution in [0.5, 0.6) is 0 Å². The molecule has 4 nitrogen and oxygen atoms in total. The van der Waals surface area contributed by atoms with Gasteiger partial charge in [-0.15, -0.1) is 41.3 Å². The topological polar surface area (TPSA) is 26.1 Å². The van der Waals surface area contributed by atoms with Gasteiger partial charge in [-0.25, -0.2) is 0 Å². The van der Waals surface area contributed by atoms with E-state index in [-0.39, 0.29) is 20.1 Å². The fourth-order valence-electron chi connectivity index (χ4n) is 5.18. The summed E-state index contributed by atoms with van der Waals surface area (Å²) in [5.74, 6) is 0. The second-order valence-electron chi connectivity index (χ2n) is 9.01. The Kier molecular flexibility index (Phi) is 6.24. The number of nitrogens with zero attached hydrogens (tertiary/aromatic N) is 4. The fraction of sp³-hybridized carbons (Fsp3) is 0.0303. The zero-order chi connectivity index (χ0) is 24.8. The molecule has 0 saturated heterocycles. The molecule has 0 saturated carbocycles. The van der Waals surface area contributed by atoms with Gasteiger partial charge in [0.15, 0.2) is 0 Å². The van der Waals surface area contributed by atoms with E-state index in [0.29, 0.717) is 0 Å². The van der Waals surface area contributed by atoms with Gasteiger partial charge < -0.3 is 18.5 Å². The van der Waals surface area contributed by atoms with Gasteiger partial charge in [-0.05, 0) is 28.9 Å². The largest absolute Gasteiger partial charge is 3.00 e. The van der Waals surface area contributed by atoms with Gasteiger partial charge in [0.2, 0.25) is 6.33 Å². The molecule has 0 amide bonds. The van der Waals surface area contributed by atoms with Gasteiger partial charge in [-0.2, -0.15) is 18.2 Å². The van der Waals surface area contributed by atoms with Crippen LogP contribution in [0.1, 0.15) is 0 Å². The number of aryl methyl sites for hydroxylation is 1. The molecule has 8 rings (SSSR count). The van der Waals surface area contributed by atoms with Crippen LogP contribution < -0.4 is 4.57 Å². The van der Waals surface area contributed by atoms with Crippen LogP contribution in [0.25, 0.3) is 55.0 Å². The average molecular weight is 667 g/mol. The molecule has 0 bridgehead atoms. The number of imidazole rings is 1. The molecule has 38 heavy (non-hydrogen) atoms. The van der Waals surface area contributed by atoms with Crippen molar-refractivity contribution in [3.05, 3.63) is 134 Å². The van der Waals surface area contributed by atoms with Crippen molar-refractivity contribution < 1.29 is 24.7 Å². The van der Waals surface area contributed by atoms with Gasteiger partial charge >= 0.3 is 20.1 Å². The van der Waals surface area contributed by atoms with Crippen molar-refractivity contribution in [2.24, 2.45) is 7.05 Å². The van der Waals surface area contributed by atoms with Crippen LogP contribution in [0.4, 0.5) is 0 Å². The van der Waals surface area contributed by atoms with E-state index in [2.05, 4.69) is 76.4 Å². The van der Waals surface area contributed by atoms with E-state index < -0.39 is 0 Å². The number of para-hydroxylation sites is 2. The van der Waals surface area contributed by atoms with Crippen molar-refractivity contribution >= 4 is 38.1 Å². The quantitative estimate of drug-likeness (QED) is 0.151. The predicted octanol–water partition coefficient (Wildman–Crippen LogP) is 6.60. The van der Waals surface area contributed by atoms with Gasteiger partial charge in [-0.3, -0.25) is 0 Å². The van der Waals surface area contributed by atoms with E-state index >= 15 is 0 Å². The number of pyridine rings is 1. The average Bonchev–Trinajstić information content (AvgIpc) is 3.65. The van der Waals surface area contributed by atoms with E-state index in [1.807, 2.05) is 77.1 Å². The Morgan fingerprint density at radius 3 is 2.24 bits per heavy atom. The van der Waals surface area contributed by atoms with Gasteiger partial charge in [0, 0.05) is 40.4 Å². The van der Waals surface area contributed by atoms with Crippen molar-refractivity contribution in [3.8, 4) is 16.9 Å². The summed E-state index contributed by atoms with van der Waals surface area (Å²) in [6, 6.07) is 39.6. The van der Waals surface area contributed by atoms with Crippen molar-refractivity contribution in [2.75, 3.05) is 0 Å². The first-order valence-electron chi connectivity index (χ1n) is 12.2. The van der Waals surface area contributed by atoms with Crippen molar-refractivity contribution in [1.29, 1.82) is 0 Å². The molecule has 182 valence electrons. The number of rotatable bonds is 2. The van der Waals surface area contributed by atoms with Gasteiger partial charge in [0.1, 0.15) is 0 Å². The maximum absolute atomic E-state index is 4.22. The SMILES string of the molecule is C[n+]1[c-]n(-c2[c-]ccc3c4cccc5c6ccccc6n(c23)c54)cc1.[Ir+3].[c-]1ccccc1-c1ccccn1. The maximum Gasteiger partial charge on any atom is 3.00 e. The molecular weight excluding hydrogens is 645 g/mol. The number of hydrogen-bond acceptors (Lipinski definition) is 1. The van der Waals surface area contributed by atoms with Crippen molar-refractivity contribution in [1.82, 2.24) is 14.0 Å². The third-order valence-electron chi connectivity index (χ3n) is 6.75. The molecule has 5 heteroatoms. The number of fused-ring (bicyclic) bond motifs is 6. The molecule has 4 aromatic heterocycles. The molecule has 0 aliphatic heterocycles. The second kappa shape index (κ2) is 9.86. The molecule has 0 N–H and O–H groups in total. The number of hydrogen-bond donors (Lipinski definition) is 0. The van der Waals surface area contributed by atoms with E-state index in [0.717, 1.165) is 16.9 Å². The molecule has 0 atom stereocenters. The van der Waals surface area contributed by atoms with Crippen LogP contribution in [0, 0.1) is 18.5 Å². The molecule has 0 unspecified atom stereocenters. The minimum atomic E-state index is 0. The Bertz CT molecular complexity index is 1950. The minimum Gasteiger partial charge on any atom is -0.369 e. The molecule has 4 aromatic carbocycles. The Morgan fingerprint density at radius 1 is 0.711 bits per heavy atom. The first-order valence-corrected chi connectivity index (χ1v) is 12.2. The van der Waals surface area contributed by atoms with Crippen molar-refractivity contribution in [2.45, 2.75) is 0 Å². The predicted molar refractivity (Wildman–Crippen MR) is 148 cm³/mol. The first-order chi connectivity index (χ1) is 18.3. The normalized spacial score (nSPS) is 11.1. The van der Waals surface area contributed by atoms with Crippen LogP contribution in [0.3, 0.4) is 0 Å². The Labute approximate surface area is 234 Å². The van der Waals surface area contributed by atoms with E-state index in [1.54, 1.807) is 6.20 Å². The van der Waals surface area contributed by atoms with Crippen molar-refractivity contribution in [3.63, 3.8) is 0 Å². The van der Waals surface area contributed by atoms with Gasteiger partial charge in [-0.1, -0.05) is 54.0 Å². The molecule has 4 heterocycles. The molecule has 0 radical (unpaired) electrons. The molecule has 8 aromatic rings. The summed E-state index contributed by atoms with van der Waals surface area (Å²) >= 11 is 0. The summed E-state index contributed by atoms with van der Waals surface area (Å²) in [7, 11) is 1.98. The molecule has 0 aliphatic rings. The Morgan fingerprint density at radius 2 is 1.47 bits per heavy atom. The molecule has 0 fully saturated rings. The third kappa shape index (κ3) is 3.88. The van der Waals surface area contributed by atoms with E-state index in [1.165, 1.54) is 38.1 Å². The molecular formula is C33H22IrN4+. The number of aromatic nitrogens is 4. The summed E-state index contributed by atoms with van der Waals surface area (Å²) in [6.07, 6.45) is 9.12. The fourth-order valence-corrected chi connectivity index (χ4v) is 5.18. The first kappa shape index (κ1) is 24.1. The molecule has 0 aliphatic carbocycles. The summed E-state index contributed by atoms with van der Waals surface area (Å²) < 4.78 is 6.33. The smallest absolute Gasteiger partial charge is 0.369 e. The van der Waals surface area contributed by atoms with Crippen LogP contribution >= 0.6 is 0 Å². The van der Waals surface area contributed by atoms with Gasteiger partial charge in [0.05, 0.1) is 7.05 Å². The van der Waals surface area contributed by atoms with Crippen LogP contribution in [0.15, 0.2) is 116 Å². The zero-order valence-corrected chi connectivity index (χ0v) is 23.0. The monoisotopic (exact) mass is 667 g/mol. The summed E-state index contributed by atoms with van der Waals surface area (Å²) in [5.41, 5.74) is 6.74. The minimum absolute atomic E-state index is 0. The summed E-state index contributed by atoms with van der Waals surface area (Å²) in [6.45, 7) is 0. The van der Waals surface area contributed by atoms with Gasteiger partial charge in [0.25, 0.3) is 0 Å². The second-order valence-corrected chi connectivity index (χ2v) is 9.01. The van der Waals surface area contributed by atoms with Crippen LogP contribution in [-0.2, 0) is 27.2 Å². The zero-order valence-electron chi connectivity index (χ0n) is 20.6. The van der Waals surface area contributed by atoms with Crippen LogP contribution in [0.2, 0.25) is 0 Å². The number of benzene rings is 4. The Balaban J connectivity index is 0.000000172. The maximum atomic E-state index is 4.22. The Hall–Kier alpha value is -4.31. The third-order valence-corrected chi connectivity index (χ3v) is 6.75. The van der Waals surface area contributed by atoms with E-state index in [4.69, 9.17) is 0 Å². The van der Waals surface area contributed by atoms with E-state index in [9.17, 15) is 0 Å². The standard InChI is InChI=1S/C22H14N3.C11H8N.Ir/c1-23-12-13-24(14-23)20-11-5-9-18-17-8-4-7-16-15-6-2-3-10-19(15)25(21(16)17)22(18)20;1-2-6-10(7-3-1)11-8-4-5-9-12-11;/h2-10,12-13H,1H3;1-6,8-9H;/q2*-1;+3.